The van der Waals surface area contributed by atoms with Gasteiger partial charge in [0.05, 0.1) is 0 Å². The molecule has 1 aliphatic heterocycles. The number of benzene rings is 1. The molecule has 7 heteroatoms. The highest BCUT2D eigenvalue weighted by molar-refractivity contribution is 6.74. The normalized spacial score (nSPS) is 21.6. The Balaban J connectivity index is 2.44. The molecule has 2 rings (SSSR count). The number of likely N-dealkylation sites (tertiary alicyclic amines) is 1. The summed E-state index contributed by atoms with van der Waals surface area (Å²) in [6, 6.07) is 10.2. The Morgan fingerprint density at radius 3 is 2.21 bits per heavy atom. The number of carbonyl (C=O) groups is 2. The number of nitrogens with zero attached hydrogens (tertiary/aromatic N) is 1. The second kappa shape index (κ2) is 13.1. The molecule has 38 heavy (non-hydrogen) atoms. The van der Waals surface area contributed by atoms with Gasteiger partial charge in [0.2, 0.25) is 5.91 Å². The van der Waals surface area contributed by atoms with Crippen LogP contribution >= 0.6 is 0 Å². The first-order valence-corrected chi connectivity index (χ1v) is 17.3. The van der Waals surface area contributed by atoms with E-state index in [4.69, 9.17) is 9.16 Å². The fourth-order valence-corrected chi connectivity index (χ4v) is 6.42. The largest absolute Gasteiger partial charge is 0.459 e. The summed E-state index contributed by atoms with van der Waals surface area (Å²) in [5, 5.41) is 3.27. The Morgan fingerprint density at radius 2 is 1.71 bits per heavy atom. The fraction of sp³-hybridized carbons (Fsp3) is 0.742. The van der Waals surface area contributed by atoms with Crippen LogP contribution in [0.3, 0.4) is 0 Å². The third kappa shape index (κ3) is 9.20. The zero-order valence-corrected chi connectivity index (χ0v) is 26.9. The van der Waals surface area contributed by atoms with Crippen LogP contribution in [0.25, 0.3) is 0 Å². The molecule has 0 aromatic heterocycles. The predicted molar refractivity (Wildman–Crippen MR) is 159 cm³/mol. The van der Waals surface area contributed by atoms with Gasteiger partial charge in [0.25, 0.3) is 0 Å². The van der Waals surface area contributed by atoms with Gasteiger partial charge in [-0.15, -0.1) is 0 Å². The summed E-state index contributed by atoms with van der Waals surface area (Å²) in [5.41, 5.74) is 0.677. The van der Waals surface area contributed by atoms with Crippen molar-refractivity contribution in [2.45, 2.75) is 123 Å². The van der Waals surface area contributed by atoms with Crippen molar-refractivity contribution in [1.82, 2.24) is 10.2 Å². The highest BCUT2D eigenvalue weighted by atomic mass is 28.4. The monoisotopic (exact) mass is 546 g/mol. The number of amides is 1. The number of rotatable bonds is 11. The van der Waals surface area contributed by atoms with Crippen molar-refractivity contribution < 1.29 is 18.8 Å². The van der Waals surface area contributed by atoms with Crippen molar-refractivity contribution in [3.05, 3.63) is 35.9 Å². The minimum absolute atomic E-state index is 0.0203. The van der Waals surface area contributed by atoms with E-state index in [-0.39, 0.29) is 46.9 Å². The third-order valence-electron chi connectivity index (χ3n) is 8.34. The fourth-order valence-electron chi connectivity index (χ4n) is 5.34. The summed E-state index contributed by atoms with van der Waals surface area (Å²) in [4.78, 5) is 28.0. The van der Waals surface area contributed by atoms with Gasteiger partial charge >= 0.3 is 5.97 Å². The van der Waals surface area contributed by atoms with Crippen molar-refractivity contribution in [2.75, 3.05) is 13.2 Å². The molecule has 0 spiro atoms. The van der Waals surface area contributed by atoms with Gasteiger partial charge in [0.1, 0.15) is 11.6 Å². The lowest BCUT2D eigenvalue weighted by molar-refractivity contribution is -0.161. The lowest BCUT2D eigenvalue weighted by atomic mass is 9.84. The number of hydrogen-bond acceptors (Lipinski definition) is 5. The first kappa shape index (κ1) is 32.5. The number of ether oxygens (including phenoxy) is 1. The minimum Gasteiger partial charge on any atom is -0.459 e. The van der Waals surface area contributed by atoms with Gasteiger partial charge in [-0.1, -0.05) is 58.0 Å². The summed E-state index contributed by atoms with van der Waals surface area (Å²) >= 11 is 0. The van der Waals surface area contributed by atoms with Crippen molar-refractivity contribution in [2.24, 2.45) is 11.8 Å². The topological polar surface area (TPSA) is 67.9 Å². The first-order chi connectivity index (χ1) is 17.4. The molecule has 1 aromatic carbocycles. The molecule has 3 unspecified atom stereocenters. The van der Waals surface area contributed by atoms with E-state index in [0.29, 0.717) is 6.61 Å². The SMILES string of the molecule is CC[C@H](C(C)NC(C)=O)[C@@H](Cc1ccccc1)N1CC(CO[Si](C)(C)C(C)(C)C)CC1C(=O)OC(C)(C)C. The molecule has 0 aliphatic carbocycles. The van der Waals surface area contributed by atoms with Crippen LogP contribution in [0.5, 0.6) is 0 Å². The maximum Gasteiger partial charge on any atom is 0.323 e. The van der Waals surface area contributed by atoms with E-state index in [1.54, 1.807) is 6.92 Å². The smallest absolute Gasteiger partial charge is 0.323 e. The van der Waals surface area contributed by atoms with Crippen molar-refractivity contribution >= 4 is 20.2 Å². The average Bonchev–Trinajstić information content (AvgIpc) is 3.20. The molecule has 1 heterocycles. The van der Waals surface area contributed by atoms with Crippen LogP contribution < -0.4 is 5.32 Å². The van der Waals surface area contributed by atoms with Crippen molar-refractivity contribution in [1.29, 1.82) is 0 Å². The Kier molecular flexibility index (Phi) is 11.2. The summed E-state index contributed by atoms with van der Waals surface area (Å²) in [5.74, 6) is 0.227. The molecule has 5 atom stereocenters. The Labute approximate surface area is 233 Å². The van der Waals surface area contributed by atoms with Crippen LogP contribution in [0.15, 0.2) is 30.3 Å². The lowest BCUT2D eigenvalue weighted by Crippen LogP contribution is -2.54. The van der Waals surface area contributed by atoms with Crippen molar-refractivity contribution in [3.8, 4) is 0 Å². The summed E-state index contributed by atoms with van der Waals surface area (Å²) in [7, 11) is -1.92. The highest BCUT2D eigenvalue weighted by Gasteiger charge is 2.46. The zero-order valence-electron chi connectivity index (χ0n) is 25.9. The molecule has 1 aliphatic rings. The maximum absolute atomic E-state index is 13.6. The number of nitrogens with one attached hydrogen (secondary N) is 1. The van der Waals surface area contributed by atoms with Gasteiger partial charge in [0, 0.05) is 32.2 Å². The second-order valence-corrected chi connectivity index (χ2v) is 18.5. The first-order valence-electron chi connectivity index (χ1n) is 14.4. The highest BCUT2D eigenvalue weighted by Crippen LogP contribution is 2.39. The maximum atomic E-state index is 13.6. The van der Waals surface area contributed by atoms with Gasteiger partial charge in [-0.25, -0.2) is 0 Å². The molecular formula is C31H54N2O4Si. The van der Waals surface area contributed by atoms with Crippen LogP contribution in [0.4, 0.5) is 0 Å². The predicted octanol–water partition coefficient (Wildman–Crippen LogP) is 6.20. The van der Waals surface area contributed by atoms with Gasteiger partial charge in [0.15, 0.2) is 8.32 Å². The second-order valence-electron chi connectivity index (χ2n) is 13.7. The zero-order chi connectivity index (χ0) is 28.9. The summed E-state index contributed by atoms with van der Waals surface area (Å²) < 4.78 is 12.6. The Hall–Kier alpha value is -1.70. The summed E-state index contributed by atoms with van der Waals surface area (Å²) in [6.07, 6.45) is 2.42. The van der Waals surface area contributed by atoms with Gasteiger partial charge in [-0.3, -0.25) is 14.5 Å². The number of carbonyl (C=O) groups excluding carboxylic acids is 2. The van der Waals surface area contributed by atoms with E-state index in [1.807, 2.05) is 26.8 Å². The van der Waals surface area contributed by atoms with Crippen molar-refractivity contribution in [3.63, 3.8) is 0 Å². The minimum atomic E-state index is -1.92. The van der Waals surface area contributed by atoms with E-state index < -0.39 is 13.9 Å². The number of esters is 1. The van der Waals surface area contributed by atoms with Crippen LogP contribution in [0.2, 0.25) is 18.1 Å². The van der Waals surface area contributed by atoms with Crippen LogP contribution in [-0.4, -0.2) is 62.0 Å². The molecule has 216 valence electrons. The van der Waals surface area contributed by atoms with E-state index in [0.717, 1.165) is 25.8 Å². The van der Waals surface area contributed by atoms with E-state index in [9.17, 15) is 9.59 Å². The number of hydrogen-bond donors (Lipinski definition) is 1. The lowest BCUT2D eigenvalue weighted by Gasteiger charge is -2.40. The standard InChI is InChI=1S/C31H54N2O4Si/c1-12-26(22(2)32-23(3)34)27(18-24-16-14-13-15-17-24)33-20-25(21-36-38(10,11)31(7,8)9)19-28(33)29(35)37-30(4,5)6/h13-17,22,25-28H,12,18-21H2,1-11H3,(H,32,34)/t22?,25?,26-,27-,28?/m1/s1. The van der Waals surface area contributed by atoms with E-state index in [2.05, 4.69) is 82.2 Å². The van der Waals surface area contributed by atoms with Crippen LogP contribution in [-0.2, 0) is 25.2 Å². The molecule has 0 bridgehead atoms. The molecule has 0 saturated carbocycles. The van der Waals surface area contributed by atoms with Crippen LogP contribution in [0, 0.1) is 11.8 Å². The van der Waals surface area contributed by atoms with Crippen LogP contribution in [0.1, 0.15) is 80.7 Å². The molecule has 1 N–H and O–H groups in total. The third-order valence-corrected chi connectivity index (χ3v) is 12.8. The van der Waals surface area contributed by atoms with E-state index in [1.165, 1.54) is 5.56 Å². The molecular weight excluding hydrogens is 492 g/mol. The van der Waals surface area contributed by atoms with E-state index >= 15 is 0 Å². The molecule has 1 aromatic rings. The molecule has 0 radical (unpaired) electrons. The Bertz CT molecular complexity index is 907. The molecule has 1 fully saturated rings. The Morgan fingerprint density at radius 1 is 1.11 bits per heavy atom. The molecule has 6 nitrogen and oxygen atoms in total. The molecule has 1 amide bonds. The molecule has 1 saturated heterocycles. The summed E-state index contributed by atoms with van der Waals surface area (Å²) in [6.45, 7) is 24.4. The average molecular weight is 547 g/mol. The van der Waals surface area contributed by atoms with Gasteiger partial charge in [-0.05, 0) is 82.5 Å². The van der Waals surface area contributed by atoms with Gasteiger partial charge < -0.3 is 14.5 Å². The quantitative estimate of drug-likeness (QED) is 0.264. The van der Waals surface area contributed by atoms with Gasteiger partial charge in [-0.2, -0.15) is 0 Å².